The van der Waals surface area contributed by atoms with Gasteiger partial charge in [-0.1, -0.05) is 18.2 Å². The van der Waals surface area contributed by atoms with Gasteiger partial charge in [0.15, 0.2) is 0 Å². The van der Waals surface area contributed by atoms with Gasteiger partial charge in [-0.2, -0.15) is 0 Å². The highest BCUT2D eigenvalue weighted by Crippen LogP contribution is 2.29. The van der Waals surface area contributed by atoms with Crippen LogP contribution in [0.5, 0.6) is 5.75 Å². The number of fused-ring (bicyclic) bond motifs is 1. The topological polar surface area (TPSA) is 32.3 Å². The lowest BCUT2D eigenvalue weighted by Gasteiger charge is -2.09. The smallest absolute Gasteiger partial charge is 0.115 e. The molecule has 2 nitrogen and oxygen atoms in total. The van der Waals surface area contributed by atoms with Crippen LogP contribution in [0.15, 0.2) is 65.6 Å². The molecule has 3 aromatic rings. The minimum absolute atomic E-state index is 0.277. The first kappa shape index (κ1) is 12.9. The number of benzene rings is 3. The Morgan fingerprint density at radius 3 is 2.40 bits per heavy atom. The fourth-order valence-corrected chi connectivity index (χ4v) is 2.82. The minimum atomic E-state index is 0.277. The summed E-state index contributed by atoms with van der Waals surface area (Å²) in [5.41, 5.74) is 2.01. The second-order valence-electron chi connectivity index (χ2n) is 4.57. The first-order valence-corrected chi connectivity index (χ1v) is 7.61. The molecule has 0 radical (unpaired) electrons. The van der Waals surface area contributed by atoms with E-state index in [2.05, 4.69) is 48.0 Å². The van der Waals surface area contributed by atoms with Crippen LogP contribution in [0, 0.1) is 0 Å². The van der Waals surface area contributed by atoms with Gasteiger partial charge in [0.25, 0.3) is 0 Å². The lowest BCUT2D eigenvalue weighted by atomic mass is 10.1. The van der Waals surface area contributed by atoms with Crippen molar-refractivity contribution in [2.45, 2.75) is 4.90 Å². The standard InChI is InChI=1S/C17H15NOS/c1-20-17-4-2-3-12-5-6-14(11-16(12)17)18-13-7-9-15(19)10-8-13/h2-11,18-19H,1H3. The van der Waals surface area contributed by atoms with Gasteiger partial charge in [0, 0.05) is 16.3 Å². The number of hydrogen-bond acceptors (Lipinski definition) is 3. The molecule has 100 valence electrons. The monoisotopic (exact) mass is 281 g/mol. The predicted molar refractivity (Wildman–Crippen MR) is 87.1 cm³/mol. The summed E-state index contributed by atoms with van der Waals surface area (Å²) in [6.45, 7) is 0. The third kappa shape index (κ3) is 2.58. The Morgan fingerprint density at radius 2 is 1.65 bits per heavy atom. The normalized spacial score (nSPS) is 10.7. The van der Waals surface area contributed by atoms with E-state index in [0.717, 1.165) is 11.4 Å². The highest BCUT2D eigenvalue weighted by molar-refractivity contribution is 7.98. The fourth-order valence-electron chi connectivity index (χ4n) is 2.21. The number of hydrogen-bond donors (Lipinski definition) is 2. The van der Waals surface area contributed by atoms with Crippen LogP contribution in [-0.2, 0) is 0 Å². The van der Waals surface area contributed by atoms with E-state index in [9.17, 15) is 5.11 Å². The van der Waals surface area contributed by atoms with Crippen LogP contribution in [0.3, 0.4) is 0 Å². The highest BCUT2D eigenvalue weighted by Gasteiger charge is 2.02. The molecule has 3 rings (SSSR count). The van der Waals surface area contributed by atoms with Crippen molar-refractivity contribution in [1.29, 1.82) is 0 Å². The molecule has 0 unspecified atom stereocenters. The summed E-state index contributed by atoms with van der Waals surface area (Å²) >= 11 is 1.75. The quantitative estimate of drug-likeness (QED) is 0.523. The fraction of sp³-hybridized carbons (Fsp3) is 0.0588. The molecule has 0 aliphatic rings. The molecule has 0 fully saturated rings. The average molecular weight is 281 g/mol. The van der Waals surface area contributed by atoms with Crippen LogP contribution in [0.4, 0.5) is 11.4 Å². The molecule has 0 amide bonds. The van der Waals surface area contributed by atoms with Crippen LogP contribution in [0.25, 0.3) is 10.8 Å². The zero-order valence-electron chi connectivity index (χ0n) is 11.1. The van der Waals surface area contributed by atoms with Crippen molar-refractivity contribution in [2.75, 3.05) is 11.6 Å². The SMILES string of the molecule is CSc1cccc2ccc(Nc3ccc(O)cc3)cc12. The van der Waals surface area contributed by atoms with Gasteiger partial charge in [0.05, 0.1) is 0 Å². The molecule has 20 heavy (non-hydrogen) atoms. The van der Waals surface area contributed by atoms with Crippen LogP contribution >= 0.6 is 11.8 Å². The largest absolute Gasteiger partial charge is 0.508 e. The zero-order chi connectivity index (χ0) is 13.9. The van der Waals surface area contributed by atoms with E-state index in [1.54, 1.807) is 23.9 Å². The van der Waals surface area contributed by atoms with Gasteiger partial charge in [-0.25, -0.2) is 0 Å². The maximum Gasteiger partial charge on any atom is 0.115 e. The zero-order valence-corrected chi connectivity index (χ0v) is 11.9. The first-order valence-electron chi connectivity index (χ1n) is 6.39. The van der Waals surface area contributed by atoms with Crippen molar-refractivity contribution in [3.8, 4) is 5.75 Å². The van der Waals surface area contributed by atoms with Crippen molar-refractivity contribution < 1.29 is 5.11 Å². The van der Waals surface area contributed by atoms with E-state index in [1.165, 1.54) is 15.7 Å². The van der Waals surface area contributed by atoms with E-state index < -0.39 is 0 Å². The number of anilines is 2. The summed E-state index contributed by atoms with van der Waals surface area (Å²) in [6.07, 6.45) is 2.09. The number of nitrogens with one attached hydrogen (secondary N) is 1. The van der Waals surface area contributed by atoms with E-state index in [-0.39, 0.29) is 5.75 Å². The van der Waals surface area contributed by atoms with E-state index in [4.69, 9.17) is 0 Å². The molecular weight excluding hydrogens is 266 g/mol. The molecule has 0 aliphatic carbocycles. The summed E-state index contributed by atoms with van der Waals surface area (Å²) < 4.78 is 0. The second-order valence-corrected chi connectivity index (χ2v) is 5.42. The molecule has 3 heteroatoms. The van der Waals surface area contributed by atoms with Crippen molar-refractivity contribution in [3.05, 3.63) is 60.7 Å². The van der Waals surface area contributed by atoms with Gasteiger partial charge in [-0.3, -0.25) is 0 Å². The average Bonchev–Trinajstić information content (AvgIpc) is 2.49. The first-order chi connectivity index (χ1) is 9.76. The molecule has 0 saturated carbocycles. The Balaban J connectivity index is 1.98. The van der Waals surface area contributed by atoms with Crippen LogP contribution in [0.2, 0.25) is 0 Å². The van der Waals surface area contributed by atoms with Gasteiger partial charge < -0.3 is 10.4 Å². The van der Waals surface area contributed by atoms with E-state index in [0.29, 0.717) is 0 Å². The lowest BCUT2D eigenvalue weighted by molar-refractivity contribution is 0.475. The lowest BCUT2D eigenvalue weighted by Crippen LogP contribution is -1.90. The van der Waals surface area contributed by atoms with Crippen molar-refractivity contribution in [2.24, 2.45) is 0 Å². The number of phenolic OH excluding ortho intramolecular Hbond substituents is 1. The van der Waals surface area contributed by atoms with Gasteiger partial charge in [0.1, 0.15) is 5.75 Å². The number of phenols is 1. The van der Waals surface area contributed by atoms with Crippen molar-refractivity contribution >= 4 is 33.9 Å². The predicted octanol–water partition coefficient (Wildman–Crippen LogP) is 5.01. The van der Waals surface area contributed by atoms with Crippen molar-refractivity contribution in [1.82, 2.24) is 0 Å². The molecule has 0 bridgehead atoms. The van der Waals surface area contributed by atoms with E-state index in [1.807, 2.05) is 12.1 Å². The third-order valence-electron chi connectivity index (χ3n) is 3.22. The van der Waals surface area contributed by atoms with Crippen LogP contribution < -0.4 is 5.32 Å². The van der Waals surface area contributed by atoms with Gasteiger partial charge >= 0.3 is 0 Å². The molecule has 0 spiro atoms. The molecule has 0 aromatic heterocycles. The molecular formula is C17H15NOS. The van der Waals surface area contributed by atoms with Gasteiger partial charge in [0.2, 0.25) is 0 Å². The molecule has 0 atom stereocenters. The summed E-state index contributed by atoms with van der Waals surface area (Å²) in [4.78, 5) is 1.27. The highest BCUT2D eigenvalue weighted by atomic mass is 32.2. The second kappa shape index (κ2) is 5.47. The van der Waals surface area contributed by atoms with Gasteiger partial charge in [-0.15, -0.1) is 11.8 Å². The van der Waals surface area contributed by atoms with Crippen LogP contribution in [0.1, 0.15) is 0 Å². The Labute approximate surface area is 122 Å². The number of thioether (sulfide) groups is 1. The number of rotatable bonds is 3. The maximum absolute atomic E-state index is 9.30. The molecule has 2 N–H and O–H groups in total. The van der Waals surface area contributed by atoms with Gasteiger partial charge in [-0.05, 0) is 59.5 Å². The molecule has 3 aromatic carbocycles. The summed E-state index contributed by atoms with van der Waals surface area (Å²) in [7, 11) is 0. The van der Waals surface area contributed by atoms with E-state index >= 15 is 0 Å². The minimum Gasteiger partial charge on any atom is -0.508 e. The Kier molecular flexibility index (Phi) is 3.52. The molecule has 0 saturated heterocycles. The Bertz CT molecular complexity index is 738. The molecule has 0 heterocycles. The van der Waals surface area contributed by atoms with Crippen LogP contribution in [-0.4, -0.2) is 11.4 Å². The Morgan fingerprint density at radius 1 is 0.900 bits per heavy atom. The summed E-state index contributed by atoms with van der Waals surface area (Å²) in [6, 6.07) is 19.8. The number of aromatic hydroxyl groups is 1. The third-order valence-corrected chi connectivity index (χ3v) is 4.01. The summed E-state index contributed by atoms with van der Waals surface area (Å²) in [5, 5.41) is 15.2. The van der Waals surface area contributed by atoms with Crippen molar-refractivity contribution in [3.63, 3.8) is 0 Å². The maximum atomic E-state index is 9.30. The summed E-state index contributed by atoms with van der Waals surface area (Å²) in [5.74, 6) is 0.277. The Hall–Kier alpha value is -2.13. The molecule has 0 aliphatic heterocycles.